The van der Waals surface area contributed by atoms with Crippen LogP contribution in [0, 0.1) is 0 Å². The normalized spacial score (nSPS) is 12.9. The predicted molar refractivity (Wildman–Crippen MR) is 94.0 cm³/mol. The molecule has 0 aliphatic carbocycles. The molecule has 0 amide bonds. The van der Waals surface area contributed by atoms with E-state index in [4.69, 9.17) is 4.43 Å². The zero-order valence-electron chi connectivity index (χ0n) is 15.0. The van der Waals surface area contributed by atoms with E-state index in [1.165, 1.54) is 44.9 Å². The molecular formula is C17H39NOSi. The topological polar surface area (TPSA) is 21.3 Å². The van der Waals surface area contributed by atoms with Gasteiger partial charge in [0.2, 0.25) is 0 Å². The van der Waals surface area contributed by atoms with Crippen molar-refractivity contribution >= 4 is 8.32 Å². The fraction of sp³-hybridized carbons (Fsp3) is 1.00. The third kappa shape index (κ3) is 9.95. The van der Waals surface area contributed by atoms with Crippen molar-refractivity contribution in [1.29, 1.82) is 0 Å². The fourth-order valence-corrected chi connectivity index (χ4v) is 2.97. The lowest BCUT2D eigenvalue weighted by molar-refractivity contribution is 0.285. The van der Waals surface area contributed by atoms with E-state index in [0.717, 1.165) is 19.7 Å². The van der Waals surface area contributed by atoms with Gasteiger partial charge in [0.15, 0.2) is 8.32 Å². The molecule has 0 aliphatic rings. The molecule has 0 aliphatic heterocycles. The molecule has 122 valence electrons. The van der Waals surface area contributed by atoms with Crippen molar-refractivity contribution in [3.05, 3.63) is 0 Å². The lowest BCUT2D eigenvalue weighted by Gasteiger charge is -2.36. The van der Waals surface area contributed by atoms with E-state index in [1.807, 2.05) is 0 Å². The van der Waals surface area contributed by atoms with Gasteiger partial charge in [-0.05, 0) is 31.1 Å². The molecule has 3 heteroatoms. The van der Waals surface area contributed by atoms with Gasteiger partial charge < -0.3 is 9.74 Å². The van der Waals surface area contributed by atoms with Crippen molar-refractivity contribution in [1.82, 2.24) is 5.32 Å². The first kappa shape index (κ1) is 20.1. The Morgan fingerprint density at radius 2 is 1.40 bits per heavy atom. The molecule has 0 saturated heterocycles. The molecule has 0 aromatic heterocycles. The highest BCUT2D eigenvalue weighted by Crippen LogP contribution is 2.36. The van der Waals surface area contributed by atoms with E-state index in [2.05, 4.69) is 46.1 Å². The second-order valence-corrected chi connectivity index (χ2v) is 12.3. The van der Waals surface area contributed by atoms with E-state index in [1.54, 1.807) is 0 Å². The fourth-order valence-electron chi connectivity index (χ4n) is 1.93. The molecule has 0 aromatic carbocycles. The first-order valence-corrected chi connectivity index (χ1v) is 11.6. The minimum atomic E-state index is -1.54. The maximum Gasteiger partial charge on any atom is 0.192 e. The van der Waals surface area contributed by atoms with Crippen LogP contribution in [0.1, 0.15) is 72.6 Å². The molecular weight excluding hydrogens is 262 g/mol. The van der Waals surface area contributed by atoms with Gasteiger partial charge in [0.25, 0.3) is 0 Å². The maximum absolute atomic E-state index is 6.14. The van der Waals surface area contributed by atoms with Crippen LogP contribution in [0.5, 0.6) is 0 Å². The van der Waals surface area contributed by atoms with Gasteiger partial charge in [-0.15, -0.1) is 0 Å². The Balaban J connectivity index is 3.33. The first-order valence-electron chi connectivity index (χ1n) is 8.66. The Hall–Kier alpha value is 0.137. The summed E-state index contributed by atoms with van der Waals surface area (Å²) in [6.07, 6.45) is 9.68. The van der Waals surface area contributed by atoms with Gasteiger partial charge in [-0.2, -0.15) is 0 Å². The molecule has 2 nitrogen and oxygen atoms in total. The zero-order valence-corrected chi connectivity index (χ0v) is 16.0. The van der Waals surface area contributed by atoms with Gasteiger partial charge in [-0.1, -0.05) is 66.2 Å². The molecule has 0 bridgehead atoms. The molecule has 0 spiro atoms. The molecule has 0 saturated carbocycles. The monoisotopic (exact) mass is 301 g/mol. The minimum Gasteiger partial charge on any atom is -0.416 e. The summed E-state index contributed by atoms with van der Waals surface area (Å²) in [5.41, 5.74) is 0. The van der Waals surface area contributed by atoms with Gasteiger partial charge in [0.1, 0.15) is 0 Å². The molecule has 0 fully saturated rings. The Morgan fingerprint density at radius 1 is 0.850 bits per heavy atom. The molecule has 0 unspecified atom stereocenters. The Morgan fingerprint density at radius 3 is 1.95 bits per heavy atom. The van der Waals surface area contributed by atoms with E-state index in [9.17, 15) is 0 Å². The Kier molecular flexibility index (Phi) is 10.9. The highest BCUT2D eigenvalue weighted by Gasteiger charge is 2.36. The Labute approximate surface area is 129 Å². The van der Waals surface area contributed by atoms with Crippen molar-refractivity contribution < 1.29 is 4.43 Å². The largest absolute Gasteiger partial charge is 0.416 e. The van der Waals surface area contributed by atoms with Crippen LogP contribution in [0.3, 0.4) is 0 Å². The summed E-state index contributed by atoms with van der Waals surface area (Å²) in [7, 11) is -1.54. The molecule has 0 aromatic rings. The lowest BCUT2D eigenvalue weighted by atomic mass is 10.1. The molecule has 0 atom stereocenters. The number of nitrogens with one attached hydrogen (secondary N) is 1. The third-order valence-electron chi connectivity index (χ3n) is 4.51. The van der Waals surface area contributed by atoms with E-state index >= 15 is 0 Å². The zero-order chi connectivity index (χ0) is 15.5. The Bertz CT molecular complexity index is 224. The summed E-state index contributed by atoms with van der Waals surface area (Å²) in [6, 6.07) is 0. The van der Waals surface area contributed by atoms with Crippen molar-refractivity contribution in [3.8, 4) is 0 Å². The average Bonchev–Trinajstić information content (AvgIpc) is 2.34. The first-order chi connectivity index (χ1) is 9.31. The van der Waals surface area contributed by atoms with Crippen molar-refractivity contribution in [2.75, 3.05) is 19.7 Å². The van der Waals surface area contributed by atoms with Gasteiger partial charge in [0, 0.05) is 13.2 Å². The highest BCUT2D eigenvalue weighted by molar-refractivity contribution is 6.74. The van der Waals surface area contributed by atoms with E-state index < -0.39 is 8.32 Å². The quantitative estimate of drug-likeness (QED) is 0.387. The van der Waals surface area contributed by atoms with Gasteiger partial charge in [-0.25, -0.2) is 0 Å². The number of rotatable bonds is 12. The van der Waals surface area contributed by atoms with E-state index in [-0.39, 0.29) is 0 Å². The molecule has 0 heterocycles. The summed E-state index contributed by atoms with van der Waals surface area (Å²) >= 11 is 0. The van der Waals surface area contributed by atoms with E-state index in [0.29, 0.717) is 5.04 Å². The summed E-state index contributed by atoms with van der Waals surface area (Å²) in [4.78, 5) is 0. The average molecular weight is 302 g/mol. The van der Waals surface area contributed by atoms with Crippen LogP contribution in [0.25, 0.3) is 0 Å². The third-order valence-corrected chi connectivity index (χ3v) is 9.04. The van der Waals surface area contributed by atoms with Crippen LogP contribution in [-0.4, -0.2) is 28.0 Å². The van der Waals surface area contributed by atoms with Crippen molar-refractivity contribution in [2.45, 2.75) is 90.8 Å². The molecule has 0 rings (SSSR count). The SMILES string of the molecule is CCCCCCCCCNCCO[Si](C)(C)C(C)(C)C. The molecule has 0 radical (unpaired) electrons. The number of hydrogen-bond acceptors (Lipinski definition) is 2. The van der Waals surface area contributed by atoms with Crippen LogP contribution in [0.15, 0.2) is 0 Å². The lowest BCUT2D eigenvalue weighted by Crippen LogP contribution is -2.42. The summed E-state index contributed by atoms with van der Waals surface area (Å²) in [6.45, 7) is 16.8. The van der Waals surface area contributed by atoms with Crippen LogP contribution in [-0.2, 0) is 4.43 Å². The second kappa shape index (κ2) is 10.8. The smallest absolute Gasteiger partial charge is 0.192 e. The standard InChI is InChI=1S/C17H39NOSi/c1-7-8-9-10-11-12-13-14-18-15-16-19-20(5,6)17(2,3)4/h18H,7-16H2,1-6H3. The maximum atomic E-state index is 6.14. The highest BCUT2D eigenvalue weighted by atomic mass is 28.4. The number of hydrogen-bond donors (Lipinski definition) is 1. The van der Waals surface area contributed by atoms with Crippen LogP contribution in [0.2, 0.25) is 18.1 Å². The summed E-state index contributed by atoms with van der Waals surface area (Å²) < 4.78 is 6.14. The van der Waals surface area contributed by atoms with Crippen molar-refractivity contribution in [3.63, 3.8) is 0 Å². The van der Waals surface area contributed by atoms with Crippen LogP contribution < -0.4 is 5.32 Å². The van der Waals surface area contributed by atoms with Gasteiger partial charge in [-0.3, -0.25) is 0 Å². The molecule has 20 heavy (non-hydrogen) atoms. The van der Waals surface area contributed by atoms with Gasteiger partial charge >= 0.3 is 0 Å². The van der Waals surface area contributed by atoms with Crippen LogP contribution >= 0.6 is 0 Å². The van der Waals surface area contributed by atoms with Gasteiger partial charge in [0.05, 0.1) is 0 Å². The minimum absolute atomic E-state index is 0.325. The van der Waals surface area contributed by atoms with Crippen LogP contribution in [0.4, 0.5) is 0 Å². The predicted octanol–water partition coefficient (Wildman–Crippen LogP) is 5.35. The molecule has 1 N–H and O–H groups in total. The summed E-state index contributed by atoms with van der Waals surface area (Å²) in [5, 5.41) is 3.83. The number of unbranched alkanes of at least 4 members (excludes halogenated alkanes) is 6. The van der Waals surface area contributed by atoms with Crippen molar-refractivity contribution in [2.24, 2.45) is 0 Å². The summed E-state index contributed by atoms with van der Waals surface area (Å²) in [5.74, 6) is 0. The second-order valence-electron chi connectivity index (χ2n) is 7.48.